The van der Waals surface area contributed by atoms with Crippen molar-refractivity contribution in [3.63, 3.8) is 0 Å². The summed E-state index contributed by atoms with van der Waals surface area (Å²) in [5.41, 5.74) is 0. The fraction of sp³-hybridized carbons (Fsp3) is 0.750. The Hall–Kier alpha value is -0.310. The van der Waals surface area contributed by atoms with Crippen molar-refractivity contribution in [2.45, 2.75) is 13.3 Å². The Morgan fingerprint density at radius 1 is 1.55 bits per heavy atom. The molecule has 0 bridgehead atoms. The lowest BCUT2D eigenvalue weighted by molar-refractivity contribution is 0.479. The molecule has 3 heteroatoms. The fourth-order valence-electron chi connectivity index (χ4n) is 0.224. The predicted octanol–water partition coefficient (Wildman–Crippen LogP) is 1.56. The molecule has 0 saturated heterocycles. The van der Waals surface area contributed by atoms with Gasteiger partial charge >= 0.3 is 0 Å². The fourth-order valence-corrected chi connectivity index (χ4v) is 0.224. The molecule has 0 saturated carbocycles. The van der Waals surface area contributed by atoms with Gasteiger partial charge in [0.2, 0.25) is 0 Å². The molecule has 0 aliphatic rings. The van der Waals surface area contributed by atoms with Gasteiger partial charge in [-0.3, -0.25) is 0 Å². The van der Waals surface area contributed by atoms with E-state index in [0.717, 1.165) is 11.6 Å². The lowest BCUT2D eigenvalue weighted by Gasteiger charge is -2.13. The van der Waals surface area contributed by atoms with Crippen LogP contribution in [-0.4, -0.2) is 31.8 Å². The van der Waals surface area contributed by atoms with Crippen LogP contribution in [0.2, 0.25) is 0 Å². The topological polar surface area (TPSA) is 15.3 Å². The van der Waals surface area contributed by atoms with Gasteiger partial charge in [-0.2, -0.15) is 12.6 Å². The first-order chi connectivity index (χ1) is 5.09. The third-order valence-corrected chi connectivity index (χ3v) is 1.50. The van der Waals surface area contributed by atoms with Crippen molar-refractivity contribution in [3.05, 3.63) is 12.4 Å². The molecule has 0 aliphatic carbocycles. The highest BCUT2D eigenvalue weighted by Crippen LogP contribution is 1.82. The van der Waals surface area contributed by atoms with E-state index in [1.54, 1.807) is 0 Å². The minimum atomic E-state index is 0.931. The van der Waals surface area contributed by atoms with Gasteiger partial charge in [-0.15, -0.1) is 0 Å². The van der Waals surface area contributed by atoms with Crippen molar-refractivity contribution in [2.75, 3.05) is 26.9 Å². The van der Waals surface area contributed by atoms with Crippen LogP contribution in [0.5, 0.6) is 0 Å². The Morgan fingerprint density at radius 3 is 1.91 bits per heavy atom. The van der Waals surface area contributed by atoms with Gasteiger partial charge in [-0.25, -0.2) is 0 Å². The van der Waals surface area contributed by atoms with Crippen LogP contribution in [0.25, 0.3) is 0 Å². The van der Waals surface area contributed by atoms with Crippen LogP contribution < -0.4 is 5.32 Å². The Kier molecular flexibility index (Phi) is 11.7. The molecule has 0 aromatic carbocycles. The smallest absolute Gasteiger partial charge is 0.0930 e. The second-order valence-electron chi connectivity index (χ2n) is 2.31. The summed E-state index contributed by atoms with van der Waals surface area (Å²) in [5.74, 6) is 1.94. The van der Waals surface area contributed by atoms with E-state index >= 15 is 0 Å². The van der Waals surface area contributed by atoms with Gasteiger partial charge in [0.25, 0.3) is 0 Å². The van der Waals surface area contributed by atoms with Crippen LogP contribution in [-0.2, 0) is 0 Å². The Balaban J connectivity index is 0. The number of nitrogens with zero attached hydrogens (tertiary/aromatic N) is 1. The van der Waals surface area contributed by atoms with Crippen LogP contribution in [0.3, 0.4) is 0 Å². The SMILES string of the molecule is C=C(NC)N(C)C.CCCS. The van der Waals surface area contributed by atoms with E-state index in [4.69, 9.17) is 0 Å². The number of rotatable bonds is 3. The molecular formula is C8H20N2S. The standard InChI is InChI=1S/C5H12N2.C3H8S/c1-5(6-2)7(3)4;1-2-3-4/h6H,1H2,2-4H3;4H,2-3H2,1H3. The molecule has 0 aliphatic heterocycles. The molecule has 0 atom stereocenters. The summed E-state index contributed by atoms with van der Waals surface area (Å²) in [5, 5.41) is 2.90. The lowest BCUT2D eigenvalue weighted by atomic mass is 10.6. The van der Waals surface area contributed by atoms with Crippen molar-refractivity contribution in [2.24, 2.45) is 0 Å². The Bertz CT molecular complexity index is 90.1. The third kappa shape index (κ3) is 12.8. The van der Waals surface area contributed by atoms with Crippen LogP contribution in [0, 0.1) is 0 Å². The van der Waals surface area contributed by atoms with E-state index < -0.39 is 0 Å². The van der Waals surface area contributed by atoms with Gasteiger partial charge in [0.05, 0.1) is 5.82 Å². The number of nitrogens with one attached hydrogen (secondary N) is 1. The summed E-state index contributed by atoms with van der Waals surface area (Å²) in [6.45, 7) is 5.79. The molecule has 0 aromatic heterocycles. The third-order valence-electron chi connectivity index (χ3n) is 1.05. The zero-order valence-corrected chi connectivity index (χ0v) is 8.91. The predicted molar refractivity (Wildman–Crippen MR) is 56.0 cm³/mol. The summed E-state index contributed by atoms with van der Waals surface area (Å²) >= 11 is 3.92. The molecule has 11 heavy (non-hydrogen) atoms. The van der Waals surface area contributed by atoms with Gasteiger partial charge in [-0.05, 0) is 12.2 Å². The molecule has 0 aromatic rings. The Labute approximate surface area is 76.1 Å². The number of hydrogen-bond donors (Lipinski definition) is 2. The number of thiol groups is 1. The van der Waals surface area contributed by atoms with E-state index in [0.29, 0.717) is 0 Å². The molecule has 2 nitrogen and oxygen atoms in total. The lowest BCUT2D eigenvalue weighted by Crippen LogP contribution is -2.20. The normalized spacial score (nSPS) is 7.73. The van der Waals surface area contributed by atoms with Crippen LogP contribution in [0.1, 0.15) is 13.3 Å². The van der Waals surface area contributed by atoms with E-state index in [1.807, 2.05) is 26.0 Å². The molecule has 0 heterocycles. The second kappa shape index (κ2) is 9.69. The highest BCUT2D eigenvalue weighted by atomic mass is 32.1. The molecule has 68 valence electrons. The summed E-state index contributed by atoms with van der Waals surface area (Å²) < 4.78 is 0. The molecule has 0 amide bonds. The molecule has 0 unspecified atom stereocenters. The van der Waals surface area contributed by atoms with Crippen molar-refractivity contribution < 1.29 is 0 Å². The van der Waals surface area contributed by atoms with Crippen LogP contribution in [0.4, 0.5) is 0 Å². The first-order valence-corrected chi connectivity index (χ1v) is 4.38. The van der Waals surface area contributed by atoms with Crippen LogP contribution in [0.15, 0.2) is 12.4 Å². The average Bonchev–Trinajstić information content (AvgIpc) is 2.03. The second-order valence-corrected chi connectivity index (χ2v) is 2.76. The summed E-state index contributed by atoms with van der Waals surface area (Å²) in [6, 6.07) is 0. The largest absolute Gasteiger partial charge is 0.375 e. The van der Waals surface area contributed by atoms with Crippen molar-refractivity contribution >= 4 is 12.6 Å². The first-order valence-electron chi connectivity index (χ1n) is 3.74. The highest BCUT2D eigenvalue weighted by molar-refractivity contribution is 7.80. The van der Waals surface area contributed by atoms with E-state index in [1.165, 1.54) is 6.42 Å². The van der Waals surface area contributed by atoms with Gasteiger partial charge in [-0.1, -0.05) is 13.5 Å². The van der Waals surface area contributed by atoms with Gasteiger partial charge in [0.1, 0.15) is 0 Å². The summed E-state index contributed by atoms with van der Waals surface area (Å²) in [4.78, 5) is 1.92. The highest BCUT2D eigenvalue weighted by Gasteiger charge is 1.85. The van der Waals surface area contributed by atoms with Crippen molar-refractivity contribution in [1.29, 1.82) is 0 Å². The minimum absolute atomic E-state index is 0.931. The van der Waals surface area contributed by atoms with Gasteiger partial charge in [0, 0.05) is 21.1 Å². The first kappa shape index (κ1) is 13.3. The zero-order valence-electron chi connectivity index (χ0n) is 8.02. The van der Waals surface area contributed by atoms with Crippen molar-refractivity contribution in [3.8, 4) is 0 Å². The van der Waals surface area contributed by atoms with E-state index in [9.17, 15) is 0 Å². The zero-order chi connectivity index (χ0) is 9.28. The molecule has 0 spiro atoms. The maximum Gasteiger partial charge on any atom is 0.0930 e. The summed E-state index contributed by atoms with van der Waals surface area (Å²) in [6.07, 6.45) is 1.18. The van der Waals surface area contributed by atoms with Crippen molar-refractivity contribution in [1.82, 2.24) is 10.2 Å². The average molecular weight is 176 g/mol. The molecular weight excluding hydrogens is 156 g/mol. The molecule has 0 fully saturated rings. The maximum atomic E-state index is 3.92. The Morgan fingerprint density at radius 2 is 1.91 bits per heavy atom. The van der Waals surface area contributed by atoms with Gasteiger partial charge < -0.3 is 10.2 Å². The molecule has 0 radical (unpaired) electrons. The van der Waals surface area contributed by atoms with E-state index in [-0.39, 0.29) is 0 Å². The molecule has 1 N–H and O–H groups in total. The minimum Gasteiger partial charge on any atom is -0.375 e. The maximum absolute atomic E-state index is 3.92. The summed E-state index contributed by atoms with van der Waals surface area (Å²) in [7, 11) is 5.74. The quantitative estimate of drug-likeness (QED) is 0.635. The van der Waals surface area contributed by atoms with Crippen LogP contribution >= 0.6 is 12.6 Å². The number of hydrogen-bond acceptors (Lipinski definition) is 3. The monoisotopic (exact) mass is 176 g/mol. The van der Waals surface area contributed by atoms with Gasteiger partial charge in [0.15, 0.2) is 0 Å². The van der Waals surface area contributed by atoms with E-state index in [2.05, 4.69) is 31.4 Å². The molecule has 0 rings (SSSR count).